The van der Waals surface area contributed by atoms with Crippen LogP contribution in [-0.2, 0) is 10.3 Å². The Labute approximate surface area is 89.3 Å². The number of nitrogens with zero attached hydrogens (tertiary/aromatic N) is 2. The lowest BCUT2D eigenvalue weighted by Gasteiger charge is -2.31. The molecule has 1 aromatic rings. The zero-order chi connectivity index (χ0) is 9.15. The van der Waals surface area contributed by atoms with E-state index >= 15 is 0 Å². The minimum atomic E-state index is -0.375. The van der Waals surface area contributed by atoms with E-state index in [0.29, 0.717) is 13.2 Å². The van der Waals surface area contributed by atoms with Crippen molar-refractivity contribution in [3.8, 4) is 0 Å². The molecule has 14 heavy (non-hydrogen) atoms. The second-order valence-corrected chi connectivity index (χ2v) is 3.34. The van der Waals surface area contributed by atoms with E-state index in [2.05, 4.69) is 9.97 Å². The molecule has 0 aromatic carbocycles. The maximum Gasteiger partial charge on any atom is 0.148 e. The number of hydrogen-bond acceptors (Lipinski definition) is 4. The van der Waals surface area contributed by atoms with Crippen LogP contribution in [0.2, 0.25) is 0 Å². The van der Waals surface area contributed by atoms with Gasteiger partial charge in [-0.1, -0.05) is 0 Å². The molecule has 0 atom stereocenters. The second-order valence-electron chi connectivity index (χ2n) is 3.34. The molecule has 2 rings (SSSR count). The van der Waals surface area contributed by atoms with Crippen molar-refractivity contribution in [2.45, 2.75) is 18.4 Å². The van der Waals surface area contributed by atoms with Gasteiger partial charge in [-0.2, -0.15) is 0 Å². The summed E-state index contributed by atoms with van der Waals surface area (Å²) in [5.41, 5.74) is 5.80. The zero-order valence-electron chi connectivity index (χ0n) is 7.85. The Morgan fingerprint density at radius 2 is 1.79 bits per heavy atom. The molecule has 0 unspecified atom stereocenters. The Hall–Kier alpha value is -0.710. The predicted octanol–water partition coefficient (Wildman–Crippen LogP) is 0.863. The topological polar surface area (TPSA) is 61.0 Å². The van der Waals surface area contributed by atoms with E-state index < -0.39 is 0 Å². The number of halogens is 1. The van der Waals surface area contributed by atoms with Crippen molar-refractivity contribution in [3.05, 3.63) is 24.3 Å². The van der Waals surface area contributed by atoms with Crippen LogP contribution < -0.4 is 5.73 Å². The van der Waals surface area contributed by atoms with Crippen molar-refractivity contribution in [1.29, 1.82) is 0 Å². The van der Waals surface area contributed by atoms with Crippen LogP contribution in [0, 0.1) is 0 Å². The van der Waals surface area contributed by atoms with E-state index in [9.17, 15) is 0 Å². The molecule has 1 fully saturated rings. The van der Waals surface area contributed by atoms with Crippen molar-refractivity contribution in [1.82, 2.24) is 9.97 Å². The molecule has 1 saturated heterocycles. The van der Waals surface area contributed by atoms with Crippen molar-refractivity contribution < 1.29 is 4.74 Å². The smallest absolute Gasteiger partial charge is 0.148 e. The Kier molecular flexibility index (Phi) is 3.80. The molecule has 2 heterocycles. The molecule has 1 aliphatic rings. The molecular formula is C9H14ClN3O. The summed E-state index contributed by atoms with van der Waals surface area (Å²) in [6.07, 6.45) is 5.06. The van der Waals surface area contributed by atoms with Crippen molar-refractivity contribution in [2.75, 3.05) is 13.2 Å². The average molecular weight is 216 g/mol. The summed E-state index contributed by atoms with van der Waals surface area (Å²) in [6, 6.07) is 1.80. The molecule has 0 spiro atoms. The van der Waals surface area contributed by atoms with Gasteiger partial charge in [0.1, 0.15) is 5.82 Å². The average Bonchev–Trinajstić information content (AvgIpc) is 2.20. The van der Waals surface area contributed by atoms with E-state index in [1.54, 1.807) is 18.5 Å². The monoisotopic (exact) mass is 215 g/mol. The first-order chi connectivity index (χ1) is 6.31. The summed E-state index contributed by atoms with van der Waals surface area (Å²) in [7, 11) is 0. The maximum absolute atomic E-state index is 6.18. The van der Waals surface area contributed by atoms with Gasteiger partial charge in [0, 0.05) is 25.6 Å². The van der Waals surface area contributed by atoms with E-state index in [0.717, 1.165) is 18.7 Å². The summed E-state index contributed by atoms with van der Waals surface area (Å²) in [5.74, 6) is 0.735. The molecule has 2 N–H and O–H groups in total. The van der Waals surface area contributed by atoms with Gasteiger partial charge in [0.05, 0.1) is 5.54 Å². The summed E-state index contributed by atoms with van der Waals surface area (Å²) in [6.45, 7) is 1.41. The number of rotatable bonds is 1. The fourth-order valence-electron chi connectivity index (χ4n) is 1.52. The highest BCUT2D eigenvalue weighted by molar-refractivity contribution is 5.85. The largest absolute Gasteiger partial charge is 0.381 e. The Morgan fingerprint density at radius 3 is 2.36 bits per heavy atom. The van der Waals surface area contributed by atoms with Gasteiger partial charge in [-0.3, -0.25) is 0 Å². The highest BCUT2D eigenvalue weighted by Gasteiger charge is 2.32. The first-order valence-electron chi connectivity index (χ1n) is 4.45. The molecule has 0 saturated carbocycles. The van der Waals surface area contributed by atoms with Crippen LogP contribution in [0.15, 0.2) is 18.5 Å². The van der Waals surface area contributed by atoms with Gasteiger partial charge in [-0.15, -0.1) is 12.4 Å². The lowest BCUT2D eigenvalue weighted by atomic mass is 9.90. The van der Waals surface area contributed by atoms with Gasteiger partial charge in [0.25, 0.3) is 0 Å². The van der Waals surface area contributed by atoms with Gasteiger partial charge in [-0.05, 0) is 18.9 Å². The first-order valence-corrected chi connectivity index (χ1v) is 4.45. The minimum Gasteiger partial charge on any atom is -0.381 e. The van der Waals surface area contributed by atoms with Crippen molar-refractivity contribution in [3.63, 3.8) is 0 Å². The van der Waals surface area contributed by atoms with Gasteiger partial charge < -0.3 is 10.5 Å². The minimum absolute atomic E-state index is 0. The van der Waals surface area contributed by atoms with Crippen LogP contribution >= 0.6 is 12.4 Å². The SMILES string of the molecule is Cl.NC1(c2ncccn2)CCOCC1. The van der Waals surface area contributed by atoms with Gasteiger partial charge in [0.2, 0.25) is 0 Å². The third kappa shape index (κ3) is 2.20. The zero-order valence-corrected chi connectivity index (χ0v) is 8.67. The molecule has 0 bridgehead atoms. The summed E-state index contributed by atoms with van der Waals surface area (Å²) in [5, 5.41) is 0. The van der Waals surface area contributed by atoms with E-state index in [1.165, 1.54) is 0 Å². The van der Waals surface area contributed by atoms with Crippen molar-refractivity contribution in [2.24, 2.45) is 5.73 Å². The molecule has 0 radical (unpaired) electrons. The fourth-order valence-corrected chi connectivity index (χ4v) is 1.52. The predicted molar refractivity (Wildman–Crippen MR) is 55.2 cm³/mol. The summed E-state index contributed by atoms with van der Waals surface area (Å²) < 4.78 is 5.25. The van der Waals surface area contributed by atoms with E-state index in [1.807, 2.05) is 0 Å². The van der Waals surface area contributed by atoms with Crippen molar-refractivity contribution >= 4 is 12.4 Å². The Bertz CT molecular complexity index is 275. The third-order valence-corrected chi connectivity index (χ3v) is 2.40. The number of hydrogen-bond donors (Lipinski definition) is 1. The fraction of sp³-hybridized carbons (Fsp3) is 0.556. The highest BCUT2D eigenvalue weighted by Crippen LogP contribution is 2.25. The molecular weight excluding hydrogens is 202 g/mol. The van der Waals surface area contributed by atoms with Gasteiger partial charge >= 0.3 is 0 Å². The maximum atomic E-state index is 6.18. The van der Waals surface area contributed by atoms with Crippen LogP contribution in [0.4, 0.5) is 0 Å². The van der Waals surface area contributed by atoms with Crippen LogP contribution in [0.1, 0.15) is 18.7 Å². The van der Waals surface area contributed by atoms with E-state index in [4.69, 9.17) is 10.5 Å². The second kappa shape index (κ2) is 4.68. The molecule has 1 aromatic heterocycles. The summed E-state index contributed by atoms with van der Waals surface area (Å²) in [4.78, 5) is 8.36. The van der Waals surface area contributed by atoms with Crippen LogP contribution in [0.25, 0.3) is 0 Å². The molecule has 78 valence electrons. The Balaban J connectivity index is 0.000000980. The van der Waals surface area contributed by atoms with E-state index in [-0.39, 0.29) is 17.9 Å². The van der Waals surface area contributed by atoms with Crippen LogP contribution in [0.5, 0.6) is 0 Å². The lowest BCUT2D eigenvalue weighted by Crippen LogP contribution is -2.43. The van der Waals surface area contributed by atoms with Gasteiger partial charge in [0.15, 0.2) is 0 Å². The lowest BCUT2D eigenvalue weighted by molar-refractivity contribution is 0.0491. The molecule has 1 aliphatic heterocycles. The first kappa shape index (κ1) is 11.4. The standard InChI is InChI=1S/C9H13N3O.ClH/c10-9(2-6-13-7-3-9)8-11-4-1-5-12-8;/h1,4-5H,2-3,6-7,10H2;1H. The van der Waals surface area contributed by atoms with Crippen LogP contribution in [0.3, 0.4) is 0 Å². The molecule has 5 heteroatoms. The van der Waals surface area contributed by atoms with Gasteiger partial charge in [-0.25, -0.2) is 9.97 Å². The third-order valence-electron chi connectivity index (χ3n) is 2.40. The number of aromatic nitrogens is 2. The quantitative estimate of drug-likeness (QED) is 0.755. The highest BCUT2D eigenvalue weighted by atomic mass is 35.5. The molecule has 0 amide bonds. The number of ether oxygens (including phenoxy) is 1. The molecule has 0 aliphatic carbocycles. The Morgan fingerprint density at radius 1 is 1.21 bits per heavy atom. The van der Waals surface area contributed by atoms with Crippen LogP contribution in [-0.4, -0.2) is 23.2 Å². The normalized spacial score (nSPS) is 19.8. The molecule has 4 nitrogen and oxygen atoms in total. The summed E-state index contributed by atoms with van der Waals surface area (Å²) >= 11 is 0. The number of nitrogens with two attached hydrogens (primary N) is 1.